The molecule has 0 saturated carbocycles. The monoisotopic (exact) mass is 359 g/mol. The molecule has 0 fully saturated rings. The van der Waals surface area contributed by atoms with Crippen LogP contribution in [0.4, 0.5) is 0 Å². The smallest absolute Gasteiger partial charge is 0.326 e. The zero-order chi connectivity index (χ0) is 18.6. The highest BCUT2D eigenvalue weighted by Gasteiger charge is 2.22. The lowest BCUT2D eigenvalue weighted by atomic mass is 9.86. The molecule has 0 aliphatic heterocycles. The van der Waals surface area contributed by atoms with Gasteiger partial charge in [0.15, 0.2) is 0 Å². The van der Waals surface area contributed by atoms with Crippen molar-refractivity contribution in [1.82, 2.24) is 5.32 Å². The van der Waals surface area contributed by atoms with Gasteiger partial charge in [-0.15, -0.1) is 0 Å². The van der Waals surface area contributed by atoms with Crippen LogP contribution in [0.2, 0.25) is 5.02 Å². The number of halogens is 1. The zero-order valence-electron chi connectivity index (χ0n) is 14.5. The molecule has 0 aromatic heterocycles. The molecule has 2 rings (SSSR count). The van der Waals surface area contributed by atoms with Gasteiger partial charge in [0.25, 0.3) is 5.91 Å². The average molecular weight is 360 g/mol. The van der Waals surface area contributed by atoms with Crippen LogP contribution in [-0.4, -0.2) is 23.0 Å². The van der Waals surface area contributed by atoms with Crippen molar-refractivity contribution in [3.8, 4) is 0 Å². The molecular weight excluding hydrogens is 338 g/mol. The summed E-state index contributed by atoms with van der Waals surface area (Å²) in [6, 6.07) is 13.1. The van der Waals surface area contributed by atoms with Crippen molar-refractivity contribution in [3.63, 3.8) is 0 Å². The number of benzene rings is 2. The lowest BCUT2D eigenvalue weighted by molar-refractivity contribution is -0.139. The summed E-state index contributed by atoms with van der Waals surface area (Å²) < 4.78 is 0. The lowest BCUT2D eigenvalue weighted by Crippen LogP contribution is -2.42. The average Bonchev–Trinajstić information content (AvgIpc) is 2.53. The van der Waals surface area contributed by atoms with E-state index >= 15 is 0 Å². The molecule has 2 aromatic carbocycles. The van der Waals surface area contributed by atoms with Gasteiger partial charge in [-0.3, -0.25) is 4.79 Å². The molecule has 4 nitrogen and oxygen atoms in total. The van der Waals surface area contributed by atoms with Crippen molar-refractivity contribution in [2.24, 2.45) is 0 Å². The van der Waals surface area contributed by atoms with Crippen LogP contribution in [0.5, 0.6) is 0 Å². The van der Waals surface area contributed by atoms with E-state index in [0.29, 0.717) is 10.6 Å². The molecule has 0 heterocycles. The minimum absolute atomic E-state index is 0.00875. The summed E-state index contributed by atoms with van der Waals surface area (Å²) >= 11 is 5.93. The normalized spacial score (nSPS) is 12.5. The number of carbonyl (C=O) groups is 2. The Morgan fingerprint density at radius 1 is 1.12 bits per heavy atom. The summed E-state index contributed by atoms with van der Waals surface area (Å²) in [4.78, 5) is 23.9. The number of hydrogen-bond acceptors (Lipinski definition) is 2. The number of nitrogens with one attached hydrogen (secondary N) is 1. The predicted octanol–water partition coefficient (Wildman–Crippen LogP) is 4.06. The molecule has 0 radical (unpaired) electrons. The molecule has 0 saturated heterocycles. The first kappa shape index (κ1) is 19.0. The first-order valence-electron chi connectivity index (χ1n) is 8.05. The highest BCUT2D eigenvalue weighted by molar-refractivity contribution is 6.30. The molecule has 0 aliphatic rings. The van der Waals surface area contributed by atoms with Crippen molar-refractivity contribution >= 4 is 23.5 Å². The van der Waals surface area contributed by atoms with Crippen molar-refractivity contribution in [3.05, 3.63) is 70.2 Å². The highest BCUT2D eigenvalue weighted by Crippen LogP contribution is 2.22. The Kier molecular flexibility index (Phi) is 5.85. The van der Waals surface area contributed by atoms with Gasteiger partial charge in [0, 0.05) is 17.0 Å². The van der Waals surface area contributed by atoms with E-state index in [2.05, 4.69) is 26.1 Å². The number of carbonyl (C=O) groups excluding carboxylic acids is 1. The van der Waals surface area contributed by atoms with Gasteiger partial charge in [0.05, 0.1) is 0 Å². The fourth-order valence-corrected chi connectivity index (χ4v) is 2.68. The van der Waals surface area contributed by atoms with Crippen molar-refractivity contribution in [2.75, 3.05) is 0 Å². The van der Waals surface area contributed by atoms with E-state index in [-0.39, 0.29) is 11.8 Å². The van der Waals surface area contributed by atoms with E-state index < -0.39 is 17.9 Å². The molecule has 1 amide bonds. The second-order valence-electron chi connectivity index (χ2n) is 7.03. The third kappa shape index (κ3) is 5.33. The molecule has 0 aliphatic carbocycles. The third-order valence-electron chi connectivity index (χ3n) is 3.95. The van der Waals surface area contributed by atoms with Gasteiger partial charge in [-0.25, -0.2) is 4.79 Å². The number of carboxylic acid groups (broad SMARTS) is 1. The van der Waals surface area contributed by atoms with Gasteiger partial charge >= 0.3 is 5.97 Å². The molecule has 5 heteroatoms. The van der Waals surface area contributed by atoms with E-state index in [1.54, 1.807) is 36.4 Å². The van der Waals surface area contributed by atoms with Crippen molar-refractivity contribution in [1.29, 1.82) is 0 Å². The zero-order valence-corrected chi connectivity index (χ0v) is 15.3. The summed E-state index contributed by atoms with van der Waals surface area (Å²) in [6.07, 6.45) is 0.168. The summed E-state index contributed by atoms with van der Waals surface area (Å²) in [5.41, 5.74) is 2.29. The summed E-state index contributed by atoms with van der Waals surface area (Å²) in [6.45, 7) is 6.27. The van der Waals surface area contributed by atoms with Crippen LogP contribution in [-0.2, 0) is 16.6 Å². The van der Waals surface area contributed by atoms with Gasteiger partial charge in [0.1, 0.15) is 6.04 Å². The maximum atomic E-state index is 12.4. The first-order valence-corrected chi connectivity index (χ1v) is 8.43. The van der Waals surface area contributed by atoms with Crippen LogP contribution in [0.3, 0.4) is 0 Å². The number of amides is 1. The molecule has 0 unspecified atom stereocenters. The molecule has 2 aromatic rings. The Morgan fingerprint density at radius 2 is 1.76 bits per heavy atom. The summed E-state index contributed by atoms with van der Waals surface area (Å²) in [5.74, 6) is -1.49. The molecule has 1 atom stereocenters. The van der Waals surface area contributed by atoms with Gasteiger partial charge in [-0.2, -0.15) is 0 Å². The number of aliphatic carboxylic acids is 1. The van der Waals surface area contributed by atoms with Crippen LogP contribution in [0.25, 0.3) is 0 Å². The van der Waals surface area contributed by atoms with Crippen LogP contribution in [0.1, 0.15) is 42.3 Å². The Morgan fingerprint density at radius 3 is 2.28 bits per heavy atom. The highest BCUT2D eigenvalue weighted by atomic mass is 35.5. The fourth-order valence-electron chi connectivity index (χ4n) is 2.46. The minimum atomic E-state index is -1.08. The first-order chi connectivity index (χ1) is 11.7. The van der Waals surface area contributed by atoms with Gasteiger partial charge in [0.2, 0.25) is 0 Å². The van der Waals surface area contributed by atoms with E-state index in [0.717, 1.165) is 11.1 Å². The number of carboxylic acids is 1. The lowest BCUT2D eigenvalue weighted by Gasteiger charge is -2.19. The van der Waals surface area contributed by atoms with Gasteiger partial charge in [-0.05, 0) is 40.8 Å². The quantitative estimate of drug-likeness (QED) is 0.845. The van der Waals surface area contributed by atoms with E-state index in [4.69, 9.17) is 11.6 Å². The fraction of sp³-hybridized carbons (Fsp3) is 0.300. The summed E-state index contributed by atoms with van der Waals surface area (Å²) in [5, 5.41) is 12.5. The standard InChI is InChI=1S/C20H22ClNO3/c1-20(2,3)15-9-7-14(8-10-15)18(23)22-17(19(24)25)12-13-5-4-6-16(21)11-13/h4-11,17H,12H2,1-3H3,(H,22,23)(H,24,25)/t17-/m0/s1. The van der Waals surface area contributed by atoms with E-state index in [1.807, 2.05) is 12.1 Å². The van der Waals surface area contributed by atoms with E-state index in [9.17, 15) is 14.7 Å². The summed E-state index contributed by atoms with van der Waals surface area (Å²) in [7, 11) is 0. The van der Waals surface area contributed by atoms with Crippen LogP contribution in [0.15, 0.2) is 48.5 Å². The molecule has 0 spiro atoms. The second kappa shape index (κ2) is 7.70. The maximum absolute atomic E-state index is 12.4. The molecule has 25 heavy (non-hydrogen) atoms. The minimum Gasteiger partial charge on any atom is -0.480 e. The third-order valence-corrected chi connectivity index (χ3v) is 4.18. The maximum Gasteiger partial charge on any atom is 0.326 e. The van der Waals surface area contributed by atoms with E-state index in [1.165, 1.54) is 0 Å². The SMILES string of the molecule is CC(C)(C)c1ccc(C(=O)N[C@@H](Cc2cccc(Cl)c2)C(=O)O)cc1. The Balaban J connectivity index is 2.11. The topological polar surface area (TPSA) is 66.4 Å². The molecule has 132 valence electrons. The predicted molar refractivity (Wildman–Crippen MR) is 99.2 cm³/mol. The molecule has 0 bridgehead atoms. The van der Waals surface area contributed by atoms with Crippen LogP contribution >= 0.6 is 11.6 Å². The molecule has 2 N–H and O–H groups in total. The van der Waals surface area contributed by atoms with Gasteiger partial charge in [-0.1, -0.05) is 56.6 Å². The Bertz CT molecular complexity index is 763. The van der Waals surface area contributed by atoms with Crippen LogP contribution < -0.4 is 5.32 Å². The Hall–Kier alpha value is -2.33. The van der Waals surface area contributed by atoms with Crippen molar-refractivity contribution in [2.45, 2.75) is 38.6 Å². The second-order valence-corrected chi connectivity index (χ2v) is 7.46. The van der Waals surface area contributed by atoms with Crippen LogP contribution in [0, 0.1) is 0 Å². The van der Waals surface area contributed by atoms with Gasteiger partial charge < -0.3 is 10.4 Å². The molecular formula is C20H22ClNO3. The number of hydrogen-bond donors (Lipinski definition) is 2. The Labute approximate surface area is 152 Å². The largest absolute Gasteiger partial charge is 0.480 e. The number of rotatable bonds is 5. The van der Waals surface area contributed by atoms with Crippen molar-refractivity contribution < 1.29 is 14.7 Å².